The van der Waals surface area contributed by atoms with Gasteiger partial charge < -0.3 is 5.32 Å². The van der Waals surface area contributed by atoms with Crippen LogP contribution in [0.2, 0.25) is 0 Å². The second-order valence-corrected chi connectivity index (χ2v) is 8.41. The molecule has 0 aliphatic heterocycles. The van der Waals surface area contributed by atoms with Crippen LogP contribution in [0.4, 0.5) is 0 Å². The predicted octanol–water partition coefficient (Wildman–Crippen LogP) is 2.97. The fourth-order valence-corrected chi connectivity index (χ4v) is 2.83. The van der Waals surface area contributed by atoms with E-state index in [1.807, 2.05) is 12.1 Å². The monoisotopic (exact) mass is 347 g/mol. The van der Waals surface area contributed by atoms with Crippen molar-refractivity contribution in [3.8, 4) is 0 Å². The third kappa shape index (κ3) is 7.09. The van der Waals surface area contributed by atoms with E-state index in [0.717, 1.165) is 11.0 Å². The molecule has 0 aliphatic rings. The summed E-state index contributed by atoms with van der Waals surface area (Å²) in [5, 5.41) is 3.39. The molecule has 0 aromatic heterocycles. The SMILES string of the molecule is CC(C)NCC(CCS(C)(=O)=O)c1ccc(Br)cc1. The summed E-state index contributed by atoms with van der Waals surface area (Å²) < 4.78 is 23.7. The first-order chi connectivity index (χ1) is 8.78. The van der Waals surface area contributed by atoms with Gasteiger partial charge >= 0.3 is 0 Å². The molecule has 3 nitrogen and oxygen atoms in total. The highest BCUT2D eigenvalue weighted by Gasteiger charge is 2.15. The smallest absolute Gasteiger partial charge is 0.147 e. The summed E-state index contributed by atoms with van der Waals surface area (Å²) in [6.07, 6.45) is 1.95. The van der Waals surface area contributed by atoms with E-state index in [4.69, 9.17) is 0 Å². The van der Waals surface area contributed by atoms with Crippen LogP contribution in [0.1, 0.15) is 31.7 Å². The Morgan fingerprint density at radius 2 is 1.79 bits per heavy atom. The first-order valence-electron chi connectivity index (χ1n) is 6.44. The number of rotatable bonds is 7. The molecule has 0 fully saturated rings. The lowest BCUT2D eigenvalue weighted by atomic mass is 9.96. The molecule has 0 aliphatic carbocycles. The molecule has 1 N–H and O–H groups in total. The van der Waals surface area contributed by atoms with E-state index in [1.54, 1.807) is 0 Å². The minimum Gasteiger partial charge on any atom is -0.314 e. The van der Waals surface area contributed by atoms with Crippen molar-refractivity contribution in [3.63, 3.8) is 0 Å². The van der Waals surface area contributed by atoms with Crippen LogP contribution in [-0.2, 0) is 9.84 Å². The number of hydrogen-bond acceptors (Lipinski definition) is 3. The second-order valence-electron chi connectivity index (χ2n) is 5.23. The summed E-state index contributed by atoms with van der Waals surface area (Å²) in [5.74, 6) is 0.457. The molecule has 0 amide bonds. The zero-order valence-corrected chi connectivity index (χ0v) is 14.1. The second kappa shape index (κ2) is 7.41. The molecule has 1 atom stereocenters. The van der Waals surface area contributed by atoms with Crippen molar-refractivity contribution in [2.24, 2.45) is 0 Å². The molecular formula is C14H22BrNO2S. The molecule has 0 saturated heterocycles. The van der Waals surface area contributed by atoms with Gasteiger partial charge in [-0.3, -0.25) is 0 Å². The van der Waals surface area contributed by atoms with Crippen LogP contribution in [-0.4, -0.2) is 33.0 Å². The van der Waals surface area contributed by atoms with E-state index >= 15 is 0 Å². The Kier molecular flexibility index (Phi) is 6.50. The summed E-state index contributed by atoms with van der Waals surface area (Å²) in [6.45, 7) is 4.99. The zero-order valence-electron chi connectivity index (χ0n) is 11.7. The quantitative estimate of drug-likeness (QED) is 0.824. The van der Waals surface area contributed by atoms with Gasteiger partial charge in [-0.1, -0.05) is 41.9 Å². The Balaban J connectivity index is 2.76. The lowest BCUT2D eigenvalue weighted by molar-refractivity contribution is 0.517. The molecule has 1 unspecified atom stereocenters. The highest BCUT2D eigenvalue weighted by atomic mass is 79.9. The molecular weight excluding hydrogens is 326 g/mol. The maximum atomic E-state index is 11.3. The van der Waals surface area contributed by atoms with Gasteiger partial charge in [0, 0.05) is 23.3 Å². The molecule has 0 heterocycles. The summed E-state index contributed by atoms with van der Waals surface area (Å²) in [6, 6.07) is 8.50. The third-order valence-electron chi connectivity index (χ3n) is 2.95. The van der Waals surface area contributed by atoms with Crippen molar-refractivity contribution in [1.29, 1.82) is 0 Å². The van der Waals surface area contributed by atoms with E-state index in [9.17, 15) is 8.42 Å². The average Bonchev–Trinajstić information content (AvgIpc) is 2.29. The molecule has 1 rings (SSSR count). The summed E-state index contributed by atoms with van der Waals surface area (Å²) >= 11 is 3.42. The molecule has 0 radical (unpaired) electrons. The van der Waals surface area contributed by atoms with Gasteiger partial charge in [-0.15, -0.1) is 0 Å². The fourth-order valence-electron chi connectivity index (χ4n) is 1.86. The van der Waals surface area contributed by atoms with Crippen LogP contribution in [0, 0.1) is 0 Å². The van der Waals surface area contributed by atoms with Gasteiger partial charge in [0.2, 0.25) is 0 Å². The van der Waals surface area contributed by atoms with E-state index in [2.05, 4.69) is 47.2 Å². The number of sulfone groups is 1. The normalized spacial score (nSPS) is 13.7. The van der Waals surface area contributed by atoms with Gasteiger partial charge in [-0.25, -0.2) is 8.42 Å². The highest BCUT2D eigenvalue weighted by molar-refractivity contribution is 9.10. The van der Waals surface area contributed by atoms with Crippen LogP contribution in [0.5, 0.6) is 0 Å². The Labute approximate surface area is 124 Å². The maximum Gasteiger partial charge on any atom is 0.147 e. The van der Waals surface area contributed by atoms with E-state index in [-0.39, 0.29) is 11.7 Å². The highest BCUT2D eigenvalue weighted by Crippen LogP contribution is 2.22. The van der Waals surface area contributed by atoms with Gasteiger partial charge in [-0.05, 0) is 30.0 Å². The summed E-state index contributed by atoms with van der Waals surface area (Å²) in [7, 11) is -2.91. The van der Waals surface area contributed by atoms with Gasteiger partial charge in [0.1, 0.15) is 9.84 Å². The van der Waals surface area contributed by atoms with Crippen LogP contribution in [0.3, 0.4) is 0 Å². The average molecular weight is 348 g/mol. The van der Waals surface area contributed by atoms with Crippen LogP contribution in [0.15, 0.2) is 28.7 Å². The first-order valence-corrected chi connectivity index (χ1v) is 9.30. The summed E-state index contributed by atoms with van der Waals surface area (Å²) in [4.78, 5) is 0. The molecule has 108 valence electrons. The topological polar surface area (TPSA) is 46.2 Å². The number of halogens is 1. The van der Waals surface area contributed by atoms with E-state index in [0.29, 0.717) is 12.5 Å². The fraction of sp³-hybridized carbons (Fsp3) is 0.571. The predicted molar refractivity (Wildman–Crippen MR) is 84.3 cm³/mol. The Hall–Kier alpha value is -0.390. The van der Waals surface area contributed by atoms with Crippen molar-refractivity contribution in [2.75, 3.05) is 18.6 Å². The van der Waals surface area contributed by atoms with E-state index in [1.165, 1.54) is 11.8 Å². The molecule has 5 heteroatoms. The van der Waals surface area contributed by atoms with Gasteiger partial charge in [0.25, 0.3) is 0 Å². The van der Waals surface area contributed by atoms with Gasteiger partial charge in [0.05, 0.1) is 5.75 Å². The Bertz CT molecular complexity index is 483. The Morgan fingerprint density at radius 3 is 2.26 bits per heavy atom. The molecule has 1 aromatic rings. The minimum absolute atomic E-state index is 0.227. The molecule has 1 aromatic carbocycles. The first kappa shape index (κ1) is 16.7. The van der Waals surface area contributed by atoms with E-state index < -0.39 is 9.84 Å². The number of nitrogens with one attached hydrogen (secondary N) is 1. The lowest BCUT2D eigenvalue weighted by Gasteiger charge is -2.19. The van der Waals surface area contributed by atoms with Crippen molar-refractivity contribution >= 4 is 25.8 Å². The van der Waals surface area contributed by atoms with Gasteiger partial charge in [-0.2, -0.15) is 0 Å². The summed E-state index contributed by atoms with van der Waals surface area (Å²) in [5.41, 5.74) is 1.18. The zero-order chi connectivity index (χ0) is 14.5. The minimum atomic E-state index is -2.91. The van der Waals surface area contributed by atoms with Crippen molar-refractivity contribution in [2.45, 2.75) is 32.2 Å². The van der Waals surface area contributed by atoms with Crippen LogP contribution >= 0.6 is 15.9 Å². The largest absolute Gasteiger partial charge is 0.314 e. The number of hydrogen-bond donors (Lipinski definition) is 1. The molecule has 0 spiro atoms. The van der Waals surface area contributed by atoms with Crippen LogP contribution < -0.4 is 5.32 Å². The standard InChI is InChI=1S/C14H22BrNO2S/c1-11(2)16-10-13(8-9-19(3,17)18)12-4-6-14(15)7-5-12/h4-7,11,13,16H,8-10H2,1-3H3. The third-order valence-corrected chi connectivity index (χ3v) is 4.46. The molecule has 19 heavy (non-hydrogen) atoms. The van der Waals surface area contributed by atoms with Crippen LogP contribution in [0.25, 0.3) is 0 Å². The van der Waals surface area contributed by atoms with Crippen molar-refractivity contribution < 1.29 is 8.42 Å². The Morgan fingerprint density at radius 1 is 1.21 bits per heavy atom. The van der Waals surface area contributed by atoms with Crippen molar-refractivity contribution in [1.82, 2.24) is 5.32 Å². The lowest BCUT2D eigenvalue weighted by Crippen LogP contribution is -2.29. The maximum absolute atomic E-state index is 11.3. The number of benzene rings is 1. The van der Waals surface area contributed by atoms with Gasteiger partial charge in [0.15, 0.2) is 0 Å². The van der Waals surface area contributed by atoms with Crippen molar-refractivity contribution in [3.05, 3.63) is 34.3 Å². The molecule has 0 saturated carbocycles. The molecule has 0 bridgehead atoms.